The summed E-state index contributed by atoms with van der Waals surface area (Å²) >= 11 is 2.05. The van der Waals surface area contributed by atoms with Crippen molar-refractivity contribution in [1.29, 1.82) is 0 Å². The third-order valence-electron chi connectivity index (χ3n) is 3.20. The molecule has 2 rings (SSSR count). The van der Waals surface area contributed by atoms with Crippen molar-refractivity contribution >= 4 is 11.8 Å². The molecule has 0 spiro atoms. The van der Waals surface area contributed by atoms with Crippen LogP contribution in [0.5, 0.6) is 0 Å². The van der Waals surface area contributed by atoms with Gasteiger partial charge in [0, 0.05) is 16.2 Å². The Bertz CT molecular complexity index is 337. The van der Waals surface area contributed by atoms with E-state index in [0.29, 0.717) is 0 Å². The van der Waals surface area contributed by atoms with E-state index < -0.39 is 0 Å². The topological polar surface area (TPSA) is 12.0 Å². The summed E-state index contributed by atoms with van der Waals surface area (Å²) in [5.41, 5.74) is 1.36. The van der Waals surface area contributed by atoms with Crippen LogP contribution in [0.15, 0.2) is 29.2 Å². The minimum atomic E-state index is 0.718. The first-order valence-corrected chi connectivity index (χ1v) is 7.14. The number of aryl methyl sites for hydroxylation is 1. The van der Waals surface area contributed by atoms with Crippen LogP contribution in [0.25, 0.3) is 0 Å². The summed E-state index contributed by atoms with van der Waals surface area (Å²) in [4.78, 5) is 1.43. The maximum Gasteiger partial charge on any atom is 0.0248 e. The maximum absolute atomic E-state index is 3.61. The molecule has 2 atom stereocenters. The smallest absolute Gasteiger partial charge is 0.0248 e. The van der Waals surface area contributed by atoms with Crippen LogP contribution in [0.4, 0.5) is 0 Å². The molecule has 0 saturated heterocycles. The molecule has 2 unspecified atom stereocenters. The lowest BCUT2D eigenvalue weighted by molar-refractivity contribution is 0.551. The largest absolute Gasteiger partial charge is 0.313 e. The van der Waals surface area contributed by atoms with Crippen LogP contribution in [0.2, 0.25) is 0 Å². The highest BCUT2D eigenvalue weighted by molar-refractivity contribution is 8.00. The average molecular weight is 235 g/mol. The number of benzene rings is 1. The zero-order chi connectivity index (χ0) is 11.4. The Labute approximate surface area is 103 Å². The predicted molar refractivity (Wildman–Crippen MR) is 72.1 cm³/mol. The lowest BCUT2D eigenvalue weighted by Gasteiger charge is -2.19. The fourth-order valence-corrected chi connectivity index (χ4v) is 3.87. The third kappa shape index (κ3) is 3.02. The molecule has 1 aromatic rings. The van der Waals surface area contributed by atoms with E-state index in [1.54, 1.807) is 0 Å². The van der Waals surface area contributed by atoms with Gasteiger partial charge in [-0.25, -0.2) is 0 Å². The molecule has 0 radical (unpaired) electrons. The van der Waals surface area contributed by atoms with Crippen molar-refractivity contribution in [3.8, 4) is 0 Å². The summed E-state index contributed by atoms with van der Waals surface area (Å²) in [6, 6.07) is 9.58. The molecule has 2 heteroatoms. The average Bonchev–Trinajstić information content (AvgIpc) is 2.66. The van der Waals surface area contributed by atoms with Crippen molar-refractivity contribution < 1.29 is 0 Å². The molecule has 1 aliphatic carbocycles. The second-order valence-electron chi connectivity index (χ2n) is 4.57. The number of rotatable bonds is 4. The lowest BCUT2D eigenvalue weighted by Crippen LogP contribution is -2.33. The Morgan fingerprint density at radius 1 is 1.38 bits per heavy atom. The van der Waals surface area contributed by atoms with Gasteiger partial charge in [0.15, 0.2) is 0 Å². The van der Waals surface area contributed by atoms with Gasteiger partial charge in [0.25, 0.3) is 0 Å². The molecule has 1 nitrogen and oxygen atoms in total. The summed E-state index contributed by atoms with van der Waals surface area (Å²) in [5, 5.41) is 4.37. The summed E-state index contributed by atoms with van der Waals surface area (Å²) in [6.07, 6.45) is 4.08. The van der Waals surface area contributed by atoms with E-state index in [4.69, 9.17) is 0 Å². The highest BCUT2D eigenvalue weighted by Gasteiger charge is 2.26. The maximum atomic E-state index is 3.61. The second kappa shape index (κ2) is 5.74. The highest BCUT2D eigenvalue weighted by atomic mass is 32.2. The van der Waals surface area contributed by atoms with Gasteiger partial charge in [-0.05, 0) is 38.4 Å². The fraction of sp³-hybridized carbons (Fsp3) is 0.571. The second-order valence-corrected chi connectivity index (χ2v) is 5.88. The van der Waals surface area contributed by atoms with E-state index in [1.807, 2.05) is 0 Å². The molecular formula is C14H21NS. The summed E-state index contributed by atoms with van der Waals surface area (Å²) in [5.74, 6) is 0. The molecule has 16 heavy (non-hydrogen) atoms. The third-order valence-corrected chi connectivity index (χ3v) is 4.59. The molecule has 1 N–H and O–H groups in total. The van der Waals surface area contributed by atoms with Crippen molar-refractivity contribution in [2.24, 2.45) is 0 Å². The van der Waals surface area contributed by atoms with Gasteiger partial charge in [0.1, 0.15) is 0 Å². The molecule has 1 aliphatic rings. The summed E-state index contributed by atoms with van der Waals surface area (Å²) in [7, 11) is 0. The van der Waals surface area contributed by atoms with Gasteiger partial charge in [-0.1, -0.05) is 31.0 Å². The van der Waals surface area contributed by atoms with Gasteiger partial charge in [-0.2, -0.15) is 0 Å². The highest BCUT2D eigenvalue weighted by Crippen LogP contribution is 2.35. The standard InChI is InChI=1S/C14H21NS/c1-3-15-13-8-5-9-14(13)16-12-7-4-6-11(2)10-12/h4,6-7,10,13-15H,3,5,8-9H2,1-2H3. The van der Waals surface area contributed by atoms with E-state index in [2.05, 4.69) is 55.2 Å². The van der Waals surface area contributed by atoms with Gasteiger partial charge < -0.3 is 5.32 Å². The first-order valence-electron chi connectivity index (χ1n) is 6.26. The molecule has 88 valence electrons. The number of hydrogen-bond acceptors (Lipinski definition) is 2. The molecular weight excluding hydrogens is 214 g/mol. The van der Waals surface area contributed by atoms with Crippen molar-refractivity contribution in [1.82, 2.24) is 5.32 Å². The predicted octanol–water partition coefficient (Wildman–Crippen LogP) is 3.62. The molecule has 0 aliphatic heterocycles. The minimum Gasteiger partial charge on any atom is -0.313 e. The van der Waals surface area contributed by atoms with Crippen molar-refractivity contribution in [3.63, 3.8) is 0 Å². The number of hydrogen-bond donors (Lipinski definition) is 1. The Morgan fingerprint density at radius 2 is 2.25 bits per heavy atom. The van der Waals surface area contributed by atoms with Gasteiger partial charge in [0.05, 0.1) is 0 Å². The minimum absolute atomic E-state index is 0.718. The molecule has 0 bridgehead atoms. The Kier molecular flexibility index (Phi) is 4.30. The van der Waals surface area contributed by atoms with E-state index in [-0.39, 0.29) is 0 Å². The van der Waals surface area contributed by atoms with Crippen LogP contribution in [0.1, 0.15) is 31.7 Å². The van der Waals surface area contributed by atoms with Gasteiger partial charge in [-0.3, -0.25) is 0 Å². The van der Waals surface area contributed by atoms with Crippen LogP contribution in [0.3, 0.4) is 0 Å². The van der Waals surface area contributed by atoms with Crippen LogP contribution in [0, 0.1) is 6.92 Å². The van der Waals surface area contributed by atoms with Crippen molar-refractivity contribution in [2.45, 2.75) is 49.3 Å². The number of nitrogens with one attached hydrogen (secondary N) is 1. The SMILES string of the molecule is CCNC1CCCC1Sc1cccc(C)c1. The Balaban J connectivity index is 1.98. The molecule has 0 heterocycles. The van der Waals surface area contributed by atoms with E-state index in [1.165, 1.54) is 29.7 Å². The zero-order valence-electron chi connectivity index (χ0n) is 10.2. The summed E-state index contributed by atoms with van der Waals surface area (Å²) in [6.45, 7) is 5.46. The van der Waals surface area contributed by atoms with Crippen LogP contribution >= 0.6 is 11.8 Å². The quantitative estimate of drug-likeness (QED) is 0.855. The monoisotopic (exact) mass is 235 g/mol. The number of thioether (sulfide) groups is 1. The molecule has 1 fully saturated rings. The molecule has 0 aromatic heterocycles. The van der Waals surface area contributed by atoms with E-state index >= 15 is 0 Å². The first-order chi connectivity index (χ1) is 7.79. The lowest BCUT2D eigenvalue weighted by atomic mass is 10.2. The zero-order valence-corrected chi connectivity index (χ0v) is 11.0. The van der Waals surface area contributed by atoms with Crippen LogP contribution in [-0.4, -0.2) is 17.8 Å². The van der Waals surface area contributed by atoms with Crippen LogP contribution in [-0.2, 0) is 0 Å². The Morgan fingerprint density at radius 3 is 3.00 bits per heavy atom. The fourth-order valence-electron chi connectivity index (χ4n) is 2.43. The molecule has 1 aromatic carbocycles. The van der Waals surface area contributed by atoms with E-state index in [0.717, 1.165) is 17.8 Å². The van der Waals surface area contributed by atoms with Gasteiger partial charge >= 0.3 is 0 Å². The van der Waals surface area contributed by atoms with Gasteiger partial charge in [-0.15, -0.1) is 11.8 Å². The van der Waals surface area contributed by atoms with Crippen molar-refractivity contribution in [2.75, 3.05) is 6.54 Å². The summed E-state index contributed by atoms with van der Waals surface area (Å²) < 4.78 is 0. The molecule has 1 saturated carbocycles. The normalized spacial score (nSPS) is 24.9. The van der Waals surface area contributed by atoms with E-state index in [9.17, 15) is 0 Å². The first kappa shape index (κ1) is 12.0. The van der Waals surface area contributed by atoms with Gasteiger partial charge in [0.2, 0.25) is 0 Å². The van der Waals surface area contributed by atoms with Crippen LogP contribution < -0.4 is 5.32 Å². The Hall–Kier alpha value is -0.470. The van der Waals surface area contributed by atoms with Crippen molar-refractivity contribution in [3.05, 3.63) is 29.8 Å². The molecule has 0 amide bonds.